The van der Waals surface area contributed by atoms with Gasteiger partial charge >= 0.3 is 0 Å². The van der Waals surface area contributed by atoms with Gasteiger partial charge in [0, 0.05) is 47.3 Å². The number of nitrogens with zero attached hydrogens (tertiary/aromatic N) is 5. The Morgan fingerprint density at radius 2 is 1.00 bits per heavy atom. The molecule has 0 radical (unpaired) electrons. The summed E-state index contributed by atoms with van der Waals surface area (Å²) in [6.07, 6.45) is 9.41. The molecule has 0 bridgehead atoms. The van der Waals surface area contributed by atoms with Gasteiger partial charge in [0.05, 0.1) is 11.4 Å². The van der Waals surface area contributed by atoms with Crippen molar-refractivity contribution in [1.29, 1.82) is 0 Å². The van der Waals surface area contributed by atoms with Gasteiger partial charge in [0.2, 0.25) is 0 Å². The van der Waals surface area contributed by atoms with Crippen LogP contribution < -0.4 is 4.57 Å². The van der Waals surface area contributed by atoms with E-state index in [2.05, 4.69) is 90.2 Å². The summed E-state index contributed by atoms with van der Waals surface area (Å²) in [5.74, 6) is 0. The van der Waals surface area contributed by atoms with E-state index in [1.54, 1.807) is 12.4 Å². The van der Waals surface area contributed by atoms with Crippen LogP contribution in [0.4, 0.5) is 0 Å². The summed E-state index contributed by atoms with van der Waals surface area (Å²) in [6, 6.07) is 22.6. The van der Waals surface area contributed by atoms with Crippen LogP contribution in [-0.2, 0) is 7.05 Å². The van der Waals surface area contributed by atoms with E-state index in [9.17, 15) is 0 Å². The van der Waals surface area contributed by atoms with Gasteiger partial charge in [0.1, 0.15) is 7.05 Å². The normalized spacial score (nSPS) is 9.25. The molecule has 0 N–H and O–H groups in total. The van der Waals surface area contributed by atoms with E-state index in [4.69, 9.17) is 0 Å². The van der Waals surface area contributed by atoms with Crippen molar-refractivity contribution in [3.8, 4) is 0 Å². The molecule has 4 heterocycles. The van der Waals surface area contributed by atoms with Crippen LogP contribution in [0.5, 0.6) is 0 Å². The molecule has 5 heteroatoms. The van der Waals surface area contributed by atoms with Crippen LogP contribution in [0.15, 0.2) is 97.7 Å². The van der Waals surface area contributed by atoms with E-state index in [1.807, 2.05) is 89.0 Å². The number of rotatable bonds is 0. The lowest BCUT2D eigenvalue weighted by molar-refractivity contribution is -0.671. The zero-order valence-electron chi connectivity index (χ0n) is 26.0. The first-order chi connectivity index (χ1) is 18.9. The second kappa shape index (κ2) is 18.9. The van der Waals surface area contributed by atoms with Crippen molar-refractivity contribution in [2.45, 2.75) is 62.3 Å². The van der Waals surface area contributed by atoms with E-state index < -0.39 is 0 Å². The first kappa shape index (κ1) is 33.8. The molecule has 0 aliphatic rings. The van der Waals surface area contributed by atoms with Crippen molar-refractivity contribution in [2.75, 3.05) is 0 Å². The molecule has 0 saturated heterocycles. The van der Waals surface area contributed by atoms with Crippen molar-refractivity contribution in [2.24, 2.45) is 7.05 Å². The average molecular weight is 537 g/mol. The van der Waals surface area contributed by atoms with Crippen molar-refractivity contribution >= 4 is 0 Å². The fraction of sp³-hybridized carbons (Fsp3) is 0.286. The maximum atomic E-state index is 4.17. The lowest BCUT2D eigenvalue weighted by atomic mass is 10.2. The maximum absolute atomic E-state index is 4.17. The number of hydrogen-bond acceptors (Lipinski definition) is 4. The first-order valence-corrected chi connectivity index (χ1v) is 13.4. The Morgan fingerprint density at radius 1 is 0.500 bits per heavy atom. The van der Waals surface area contributed by atoms with E-state index in [0.717, 1.165) is 28.5 Å². The van der Waals surface area contributed by atoms with Gasteiger partial charge in [-0.15, -0.1) is 0 Å². The number of hydrogen-bond donors (Lipinski definition) is 0. The van der Waals surface area contributed by atoms with Gasteiger partial charge in [-0.05, 0) is 98.2 Å². The minimum absolute atomic E-state index is 0.977. The monoisotopic (exact) mass is 536 g/mol. The Hall–Kier alpha value is -4.25. The summed E-state index contributed by atoms with van der Waals surface area (Å²) in [7, 11) is 2.02. The third-order valence-electron chi connectivity index (χ3n) is 5.22. The largest absolute Gasteiger partial charge is 0.262 e. The van der Waals surface area contributed by atoms with Crippen LogP contribution in [0.1, 0.15) is 50.7 Å². The zero-order valence-corrected chi connectivity index (χ0v) is 26.0. The third kappa shape index (κ3) is 17.3. The summed E-state index contributed by atoms with van der Waals surface area (Å²) in [5.41, 5.74) is 10.5. The standard InChI is InChI=1S/C8H10.C7H9N.C7H10N.C7H9N.C6H8N2/c1-7-4-3-5-8(2)6-7;1-6-3-4-8-7(2)5-6;1-7-4-3-5-8(2)6-7;1-6-4-3-5-7(2)8-6;1-5-3-7-4-6(2)8-5/h3-6H,1-2H3;3-5H,1-2H3;3-6H,1-2H3;3-5H,1-2H3;3-4H,1-2H3/q;;+1;;. The highest BCUT2D eigenvalue weighted by molar-refractivity contribution is 5.20. The lowest BCUT2D eigenvalue weighted by Gasteiger charge is -1.90. The highest BCUT2D eigenvalue weighted by Gasteiger charge is 1.87. The molecule has 1 aromatic carbocycles. The minimum Gasteiger partial charge on any atom is -0.262 e. The van der Waals surface area contributed by atoms with Crippen molar-refractivity contribution in [3.05, 3.63) is 148 Å². The average Bonchev–Trinajstić information content (AvgIpc) is 2.85. The predicted molar refractivity (Wildman–Crippen MR) is 167 cm³/mol. The summed E-state index contributed by atoms with van der Waals surface area (Å²) >= 11 is 0. The van der Waals surface area contributed by atoms with Gasteiger partial charge in [0.15, 0.2) is 12.4 Å². The van der Waals surface area contributed by atoms with Crippen molar-refractivity contribution in [1.82, 2.24) is 19.9 Å². The maximum Gasteiger partial charge on any atom is 0.171 e. The summed E-state index contributed by atoms with van der Waals surface area (Å²) < 4.78 is 2.04. The Balaban J connectivity index is 0.000000250. The molecule has 5 nitrogen and oxygen atoms in total. The molecular formula is C35H46N5+. The van der Waals surface area contributed by atoms with E-state index in [0.29, 0.717) is 0 Å². The van der Waals surface area contributed by atoms with Crippen LogP contribution in [0.25, 0.3) is 0 Å². The molecule has 40 heavy (non-hydrogen) atoms. The Morgan fingerprint density at radius 3 is 1.30 bits per heavy atom. The fourth-order valence-corrected chi connectivity index (χ4v) is 3.50. The summed E-state index contributed by atoms with van der Waals surface area (Å²) in [4.78, 5) is 16.2. The van der Waals surface area contributed by atoms with Crippen LogP contribution in [0.2, 0.25) is 0 Å². The molecule has 0 saturated carbocycles. The third-order valence-corrected chi connectivity index (χ3v) is 5.22. The number of benzene rings is 1. The van der Waals surface area contributed by atoms with Crippen LogP contribution >= 0.6 is 0 Å². The predicted octanol–water partition coefficient (Wildman–Crippen LogP) is 7.61. The van der Waals surface area contributed by atoms with Gasteiger partial charge in [-0.1, -0.05) is 41.5 Å². The van der Waals surface area contributed by atoms with Gasteiger partial charge in [0.25, 0.3) is 0 Å². The Bertz CT molecular complexity index is 1070. The number of pyridine rings is 3. The molecule has 0 amide bonds. The highest BCUT2D eigenvalue weighted by Crippen LogP contribution is 2.00. The Labute approximate surface area is 242 Å². The minimum atomic E-state index is 0.977. The van der Waals surface area contributed by atoms with Crippen LogP contribution in [0, 0.1) is 62.3 Å². The fourth-order valence-electron chi connectivity index (χ4n) is 3.50. The number of aryl methyl sites for hydroxylation is 10. The highest BCUT2D eigenvalue weighted by atomic mass is 14.9. The molecule has 210 valence electrons. The molecule has 0 unspecified atom stereocenters. The zero-order chi connectivity index (χ0) is 29.9. The van der Waals surface area contributed by atoms with Gasteiger partial charge in [-0.3, -0.25) is 19.9 Å². The first-order valence-electron chi connectivity index (χ1n) is 13.4. The molecule has 5 rings (SSSR count). The van der Waals surface area contributed by atoms with E-state index >= 15 is 0 Å². The summed E-state index contributed by atoms with van der Waals surface area (Å²) in [5, 5.41) is 0. The molecule has 5 aromatic rings. The quantitative estimate of drug-likeness (QED) is 0.191. The smallest absolute Gasteiger partial charge is 0.171 e. The van der Waals surface area contributed by atoms with Crippen LogP contribution in [-0.4, -0.2) is 19.9 Å². The lowest BCUT2D eigenvalue weighted by Crippen LogP contribution is -2.26. The second-order valence-electron chi connectivity index (χ2n) is 9.90. The molecule has 0 aliphatic carbocycles. The molecule has 0 fully saturated rings. The second-order valence-corrected chi connectivity index (χ2v) is 9.90. The summed E-state index contributed by atoms with van der Waals surface area (Å²) in [6.45, 7) is 18.2. The van der Waals surface area contributed by atoms with Gasteiger partial charge in [-0.25, -0.2) is 4.57 Å². The number of aromatic nitrogens is 5. The van der Waals surface area contributed by atoms with E-state index in [-0.39, 0.29) is 0 Å². The SMILES string of the molecule is Cc1ccc[n+](C)c1.Cc1cccc(C)c1.Cc1cccc(C)n1.Cc1ccnc(C)c1.Cc1cncc(C)n1. The van der Waals surface area contributed by atoms with Gasteiger partial charge in [-0.2, -0.15) is 0 Å². The van der Waals surface area contributed by atoms with Gasteiger partial charge < -0.3 is 0 Å². The molecule has 0 spiro atoms. The Kier molecular flexibility index (Phi) is 16.0. The van der Waals surface area contributed by atoms with E-state index in [1.165, 1.54) is 22.3 Å². The van der Waals surface area contributed by atoms with Crippen LogP contribution in [0.3, 0.4) is 0 Å². The molecular weight excluding hydrogens is 490 g/mol. The molecule has 4 aromatic heterocycles. The molecule has 0 aliphatic heterocycles. The topological polar surface area (TPSA) is 55.4 Å². The van der Waals surface area contributed by atoms with Crippen molar-refractivity contribution in [3.63, 3.8) is 0 Å². The van der Waals surface area contributed by atoms with Crippen molar-refractivity contribution < 1.29 is 4.57 Å². The molecule has 0 atom stereocenters.